The Morgan fingerprint density at radius 1 is 1.35 bits per heavy atom. The molecular formula is C18H23BrN6O. The molecule has 1 aliphatic carbocycles. The summed E-state index contributed by atoms with van der Waals surface area (Å²) < 4.78 is 0.772. The molecule has 0 aliphatic heterocycles. The van der Waals surface area contributed by atoms with E-state index in [2.05, 4.69) is 36.5 Å². The van der Waals surface area contributed by atoms with Gasteiger partial charge in [0.25, 0.3) is 0 Å². The predicted octanol–water partition coefficient (Wildman–Crippen LogP) is 3.24. The summed E-state index contributed by atoms with van der Waals surface area (Å²) in [4.78, 5) is 22.7. The second-order valence-electron chi connectivity index (χ2n) is 6.45. The first-order chi connectivity index (χ1) is 12.5. The minimum absolute atomic E-state index is 0.224. The van der Waals surface area contributed by atoms with Crippen LogP contribution in [0.3, 0.4) is 0 Å². The largest absolute Gasteiger partial charge is 0.399 e. The standard InChI is InChI=1S/C18H23BrN6O/c1-25(17(26)12-3-2-4-12)10-9-21-16-15(19)11-22-18(24-16)23-14-7-5-13(20)6-8-14/h5-8,11-12H,2-4,9-10,20H2,1H3,(H2,21,22,23,24). The van der Waals surface area contributed by atoms with E-state index in [1.54, 1.807) is 11.1 Å². The van der Waals surface area contributed by atoms with Crippen molar-refractivity contribution >= 4 is 45.0 Å². The highest BCUT2D eigenvalue weighted by molar-refractivity contribution is 9.10. The number of carbonyl (C=O) groups is 1. The van der Waals surface area contributed by atoms with Crippen LogP contribution in [0, 0.1) is 5.92 Å². The van der Waals surface area contributed by atoms with E-state index in [-0.39, 0.29) is 11.8 Å². The molecular weight excluding hydrogens is 396 g/mol. The number of nitrogens with one attached hydrogen (secondary N) is 2. The Kier molecular flexibility index (Phi) is 5.92. The third kappa shape index (κ3) is 4.63. The van der Waals surface area contributed by atoms with E-state index >= 15 is 0 Å². The van der Waals surface area contributed by atoms with Gasteiger partial charge in [-0.1, -0.05) is 6.42 Å². The molecule has 0 radical (unpaired) electrons. The van der Waals surface area contributed by atoms with E-state index in [1.807, 2.05) is 31.3 Å². The van der Waals surface area contributed by atoms with Crippen LogP contribution in [0.1, 0.15) is 19.3 Å². The molecule has 0 spiro atoms. The number of carbonyl (C=O) groups excluding carboxylic acids is 1. The third-order valence-electron chi connectivity index (χ3n) is 4.48. The Morgan fingerprint density at radius 2 is 2.08 bits per heavy atom. The monoisotopic (exact) mass is 418 g/mol. The van der Waals surface area contributed by atoms with Gasteiger partial charge in [0.05, 0.1) is 4.47 Å². The molecule has 0 unspecified atom stereocenters. The van der Waals surface area contributed by atoms with E-state index in [1.165, 1.54) is 6.42 Å². The first-order valence-electron chi connectivity index (χ1n) is 8.67. The van der Waals surface area contributed by atoms with E-state index in [9.17, 15) is 4.79 Å². The topological polar surface area (TPSA) is 96.2 Å². The summed E-state index contributed by atoms with van der Waals surface area (Å²) in [5, 5.41) is 6.40. The summed E-state index contributed by atoms with van der Waals surface area (Å²) >= 11 is 3.45. The number of hydrogen-bond acceptors (Lipinski definition) is 6. The Balaban J connectivity index is 1.55. The second-order valence-corrected chi connectivity index (χ2v) is 7.31. The molecule has 7 nitrogen and oxygen atoms in total. The average molecular weight is 419 g/mol. The summed E-state index contributed by atoms with van der Waals surface area (Å²) in [5.41, 5.74) is 7.26. The van der Waals surface area contributed by atoms with Crippen LogP contribution in [0.15, 0.2) is 34.9 Å². The van der Waals surface area contributed by atoms with Crippen LogP contribution in [0.2, 0.25) is 0 Å². The van der Waals surface area contributed by atoms with Crippen LogP contribution >= 0.6 is 15.9 Å². The maximum absolute atomic E-state index is 12.2. The van der Waals surface area contributed by atoms with E-state index in [4.69, 9.17) is 5.73 Å². The summed E-state index contributed by atoms with van der Waals surface area (Å²) in [7, 11) is 1.85. The fourth-order valence-corrected chi connectivity index (χ4v) is 3.00. The molecule has 3 rings (SSSR count). The number of rotatable bonds is 7. The number of anilines is 4. The average Bonchev–Trinajstić information content (AvgIpc) is 2.58. The minimum atomic E-state index is 0.224. The van der Waals surface area contributed by atoms with Crippen molar-refractivity contribution in [2.45, 2.75) is 19.3 Å². The zero-order valence-electron chi connectivity index (χ0n) is 14.7. The fourth-order valence-electron chi connectivity index (χ4n) is 2.67. The molecule has 0 atom stereocenters. The smallest absolute Gasteiger partial charge is 0.229 e. The van der Waals surface area contributed by atoms with Gasteiger partial charge in [0.1, 0.15) is 5.82 Å². The Hall–Kier alpha value is -2.35. The van der Waals surface area contributed by atoms with Crippen molar-refractivity contribution in [2.24, 2.45) is 5.92 Å². The maximum atomic E-state index is 12.2. The molecule has 1 amide bonds. The van der Waals surface area contributed by atoms with Gasteiger partial charge in [-0.15, -0.1) is 0 Å². The number of likely N-dealkylation sites (N-methyl/N-ethyl adjacent to an activating group) is 1. The van der Waals surface area contributed by atoms with Crippen LogP contribution in [0.4, 0.5) is 23.1 Å². The molecule has 1 fully saturated rings. The molecule has 0 bridgehead atoms. The van der Waals surface area contributed by atoms with Gasteiger partial charge in [-0.2, -0.15) is 4.98 Å². The molecule has 1 saturated carbocycles. The molecule has 26 heavy (non-hydrogen) atoms. The Morgan fingerprint density at radius 3 is 2.73 bits per heavy atom. The molecule has 1 aromatic carbocycles. The van der Waals surface area contributed by atoms with Crippen molar-refractivity contribution in [3.8, 4) is 0 Å². The molecule has 1 aromatic heterocycles. The number of nitrogens with two attached hydrogens (primary N) is 1. The van der Waals surface area contributed by atoms with Crippen molar-refractivity contribution in [3.63, 3.8) is 0 Å². The summed E-state index contributed by atoms with van der Waals surface area (Å²) in [6.07, 6.45) is 4.90. The SMILES string of the molecule is CN(CCNc1nc(Nc2ccc(N)cc2)ncc1Br)C(=O)C1CCC1. The summed E-state index contributed by atoms with van der Waals surface area (Å²) in [6.45, 7) is 1.25. The molecule has 1 aliphatic rings. The first-order valence-corrected chi connectivity index (χ1v) is 9.46. The molecule has 8 heteroatoms. The lowest BCUT2D eigenvalue weighted by molar-refractivity contribution is -0.136. The van der Waals surface area contributed by atoms with E-state index < -0.39 is 0 Å². The number of nitrogen functional groups attached to an aromatic ring is 1. The normalized spacial score (nSPS) is 13.8. The third-order valence-corrected chi connectivity index (χ3v) is 5.06. The van der Waals surface area contributed by atoms with Gasteiger partial charge in [-0.05, 0) is 53.0 Å². The van der Waals surface area contributed by atoms with Crippen molar-refractivity contribution in [1.82, 2.24) is 14.9 Å². The minimum Gasteiger partial charge on any atom is -0.399 e. The zero-order chi connectivity index (χ0) is 18.5. The summed E-state index contributed by atoms with van der Waals surface area (Å²) in [6, 6.07) is 7.37. The van der Waals surface area contributed by atoms with Crippen molar-refractivity contribution in [1.29, 1.82) is 0 Å². The highest BCUT2D eigenvalue weighted by Gasteiger charge is 2.27. The molecule has 1 heterocycles. The van der Waals surface area contributed by atoms with Crippen molar-refractivity contribution in [3.05, 3.63) is 34.9 Å². The van der Waals surface area contributed by atoms with Crippen LogP contribution in [0.5, 0.6) is 0 Å². The van der Waals surface area contributed by atoms with Gasteiger partial charge in [0.2, 0.25) is 11.9 Å². The van der Waals surface area contributed by atoms with Gasteiger partial charge in [0, 0.05) is 43.6 Å². The van der Waals surface area contributed by atoms with Crippen LogP contribution < -0.4 is 16.4 Å². The number of halogens is 1. The number of amides is 1. The lowest BCUT2D eigenvalue weighted by Crippen LogP contribution is -2.38. The quantitative estimate of drug-likeness (QED) is 0.597. The Labute approximate surface area is 161 Å². The van der Waals surface area contributed by atoms with Gasteiger partial charge >= 0.3 is 0 Å². The lowest BCUT2D eigenvalue weighted by Gasteiger charge is -2.29. The predicted molar refractivity (Wildman–Crippen MR) is 107 cm³/mol. The maximum Gasteiger partial charge on any atom is 0.229 e. The van der Waals surface area contributed by atoms with E-state index in [0.29, 0.717) is 30.5 Å². The molecule has 138 valence electrons. The number of nitrogens with zero attached hydrogens (tertiary/aromatic N) is 3. The number of hydrogen-bond donors (Lipinski definition) is 3. The second kappa shape index (κ2) is 8.35. The highest BCUT2D eigenvalue weighted by atomic mass is 79.9. The molecule has 4 N–H and O–H groups in total. The fraction of sp³-hybridized carbons (Fsp3) is 0.389. The van der Waals surface area contributed by atoms with Crippen LogP contribution in [-0.2, 0) is 4.79 Å². The van der Waals surface area contributed by atoms with E-state index in [0.717, 1.165) is 23.0 Å². The first kappa shape index (κ1) is 18.4. The van der Waals surface area contributed by atoms with Gasteiger partial charge in [0.15, 0.2) is 0 Å². The molecule has 0 saturated heterocycles. The van der Waals surface area contributed by atoms with Crippen molar-refractivity contribution < 1.29 is 4.79 Å². The highest BCUT2D eigenvalue weighted by Crippen LogP contribution is 2.28. The van der Waals surface area contributed by atoms with Gasteiger partial charge < -0.3 is 21.3 Å². The summed E-state index contributed by atoms with van der Waals surface area (Å²) in [5.74, 6) is 1.63. The van der Waals surface area contributed by atoms with Gasteiger partial charge in [-0.3, -0.25) is 4.79 Å². The molecule has 2 aromatic rings. The van der Waals surface area contributed by atoms with Crippen molar-refractivity contribution in [2.75, 3.05) is 36.5 Å². The van der Waals surface area contributed by atoms with Crippen LogP contribution in [0.25, 0.3) is 0 Å². The number of aromatic nitrogens is 2. The number of benzene rings is 1. The van der Waals surface area contributed by atoms with Gasteiger partial charge in [-0.25, -0.2) is 4.98 Å². The lowest BCUT2D eigenvalue weighted by atomic mass is 9.84. The van der Waals surface area contributed by atoms with Crippen LogP contribution in [-0.4, -0.2) is 40.9 Å². The Bertz CT molecular complexity index is 763. The zero-order valence-corrected chi connectivity index (χ0v) is 16.3.